The lowest BCUT2D eigenvalue weighted by atomic mass is 10.1. The Morgan fingerprint density at radius 1 is 1.10 bits per heavy atom. The summed E-state index contributed by atoms with van der Waals surface area (Å²) in [5.74, 6) is -0.108. The highest BCUT2D eigenvalue weighted by molar-refractivity contribution is 6.30. The summed E-state index contributed by atoms with van der Waals surface area (Å²) in [4.78, 5) is 15.1. The maximum atomic E-state index is 12.7. The van der Waals surface area contributed by atoms with E-state index in [1.165, 1.54) is 11.6 Å². The van der Waals surface area contributed by atoms with E-state index >= 15 is 0 Å². The molecule has 0 aromatic heterocycles. The van der Waals surface area contributed by atoms with E-state index in [0.717, 1.165) is 45.4 Å². The van der Waals surface area contributed by atoms with E-state index in [-0.39, 0.29) is 11.9 Å². The van der Waals surface area contributed by atoms with Gasteiger partial charge in [-0.25, -0.2) is 5.01 Å². The van der Waals surface area contributed by atoms with Crippen molar-refractivity contribution in [1.82, 2.24) is 14.9 Å². The first-order valence-electron chi connectivity index (χ1n) is 11.0. The number of carbonyl (C=O) groups excluding carboxylic acids is 1. The van der Waals surface area contributed by atoms with Crippen molar-refractivity contribution in [3.8, 4) is 0 Å². The van der Waals surface area contributed by atoms with Crippen LogP contribution in [0.2, 0.25) is 0 Å². The highest BCUT2D eigenvalue weighted by atomic mass is 35.5. The number of nitrogens with zero attached hydrogens (tertiary/aromatic N) is 3. The van der Waals surface area contributed by atoms with Crippen molar-refractivity contribution < 1.29 is 4.79 Å². The molecular formula is C23H43ClN4O. The highest BCUT2D eigenvalue weighted by Gasteiger charge is 2.20. The fourth-order valence-corrected chi connectivity index (χ4v) is 2.88. The SMILES string of the molecule is CC/C=C\C(=C/CC)CN(CC)CCN(C)N(C[C@@H](N)CC)C(=O)/C=C(\Cl)CC. The van der Waals surface area contributed by atoms with Crippen LogP contribution in [0.4, 0.5) is 0 Å². The van der Waals surface area contributed by atoms with Crippen LogP contribution in [0.15, 0.2) is 34.9 Å². The van der Waals surface area contributed by atoms with Crippen LogP contribution in [-0.4, -0.2) is 66.6 Å². The maximum Gasteiger partial charge on any atom is 0.262 e. The predicted octanol–water partition coefficient (Wildman–Crippen LogP) is 4.56. The molecule has 0 radical (unpaired) electrons. The molecule has 0 aliphatic carbocycles. The van der Waals surface area contributed by atoms with Crippen molar-refractivity contribution in [3.05, 3.63) is 34.9 Å². The van der Waals surface area contributed by atoms with Gasteiger partial charge in [0.2, 0.25) is 0 Å². The fraction of sp³-hybridized carbons (Fsp3) is 0.696. The maximum absolute atomic E-state index is 12.7. The summed E-state index contributed by atoms with van der Waals surface area (Å²) in [6.07, 6.45) is 11.8. The van der Waals surface area contributed by atoms with Gasteiger partial charge in [0.15, 0.2) is 0 Å². The standard InChI is InChI=1S/C23H43ClN4O/c1-7-12-14-20(13-8-2)18-27(11-5)16-15-26(6)28(19-22(25)10-4)23(29)17-21(24)9-3/h12-14,17,22H,7-11,15-16,18-19,25H2,1-6H3/b14-12-,20-13+,21-17-/t22-/m0/s1. The van der Waals surface area contributed by atoms with Gasteiger partial charge in [0.1, 0.15) is 0 Å². The Morgan fingerprint density at radius 3 is 2.31 bits per heavy atom. The van der Waals surface area contributed by atoms with Gasteiger partial charge < -0.3 is 5.73 Å². The third kappa shape index (κ3) is 12.2. The summed E-state index contributed by atoms with van der Waals surface area (Å²) in [5, 5.41) is 4.26. The van der Waals surface area contributed by atoms with Crippen molar-refractivity contribution in [2.24, 2.45) is 5.73 Å². The second-order valence-electron chi connectivity index (χ2n) is 7.28. The molecule has 1 atom stereocenters. The van der Waals surface area contributed by atoms with Crippen LogP contribution in [0.5, 0.6) is 0 Å². The average Bonchev–Trinajstić information content (AvgIpc) is 2.72. The third-order valence-corrected chi connectivity index (χ3v) is 5.22. The lowest BCUT2D eigenvalue weighted by Crippen LogP contribution is -2.51. The molecule has 0 heterocycles. The minimum absolute atomic E-state index is 0.0595. The molecule has 0 aromatic rings. The summed E-state index contributed by atoms with van der Waals surface area (Å²) in [7, 11) is 1.95. The van der Waals surface area contributed by atoms with Gasteiger partial charge >= 0.3 is 0 Å². The molecule has 6 heteroatoms. The number of rotatable bonds is 15. The number of hydrogen-bond donors (Lipinski definition) is 1. The Labute approximate surface area is 184 Å². The molecule has 2 N–H and O–H groups in total. The van der Waals surface area contributed by atoms with Crippen molar-refractivity contribution in [3.63, 3.8) is 0 Å². The molecule has 0 fully saturated rings. The van der Waals surface area contributed by atoms with Gasteiger partial charge in [0.25, 0.3) is 5.91 Å². The topological polar surface area (TPSA) is 52.8 Å². The first kappa shape index (κ1) is 27.9. The second kappa shape index (κ2) is 16.6. The molecule has 168 valence electrons. The molecule has 0 unspecified atom stereocenters. The first-order chi connectivity index (χ1) is 13.8. The number of nitrogens with two attached hydrogens (primary N) is 1. The molecule has 0 bridgehead atoms. The van der Waals surface area contributed by atoms with Gasteiger partial charge in [-0.1, -0.05) is 64.4 Å². The minimum atomic E-state index is -0.108. The molecule has 5 nitrogen and oxygen atoms in total. The summed E-state index contributed by atoms with van der Waals surface area (Å²) in [5.41, 5.74) is 7.49. The summed E-state index contributed by atoms with van der Waals surface area (Å²) in [6, 6.07) is -0.0595. The van der Waals surface area contributed by atoms with Crippen LogP contribution in [0.1, 0.15) is 60.3 Å². The van der Waals surface area contributed by atoms with Crippen molar-refractivity contribution in [2.45, 2.75) is 66.3 Å². The van der Waals surface area contributed by atoms with E-state index in [1.807, 2.05) is 25.9 Å². The first-order valence-corrected chi connectivity index (χ1v) is 11.4. The van der Waals surface area contributed by atoms with Gasteiger partial charge in [-0.2, -0.15) is 0 Å². The number of amides is 1. The normalized spacial score (nSPS) is 14.3. The number of hydrogen-bond acceptors (Lipinski definition) is 4. The lowest BCUT2D eigenvalue weighted by molar-refractivity contribution is -0.142. The van der Waals surface area contributed by atoms with E-state index in [1.54, 1.807) is 5.01 Å². The molecule has 1 amide bonds. The Kier molecular flexibility index (Phi) is 16.0. The van der Waals surface area contributed by atoms with E-state index in [9.17, 15) is 4.79 Å². The number of allylic oxidation sites excluding steroid dienone is 3. The van der Waals surface area contributed by atoms with E-state index in [4.69, 9.17) is 17.3 Å². The van der Waals surface area contributed by atoms with Crippen LogP contribution in [0, 0.1) is 0 Å². The van der Waals surface area contributed by atoms with Gasteiger partial charge in [0, 0.05) is 43.8 Å². The number of carbonyl (C=O) groups is 1. The Hall–Kier alpha value is -1.14. The largest absolute Gasteiger partial charge is 0.326 e. The molecule has 0 spiro atoms. The number of likely N-dealkylation sites (N-methyl/N-ethyl adjacent to an activating group) is 2. The smallest absolute Gasteiger partial charge is 0.262 e. The molecule has 0 rings (SSSR count). The fourth-order valence-electron chi connectivity index (χ4n) is 2.79. The zero-order valence-electron chi connectivity index (χ0n) is 19.5. The summed E-state index contributed by atoms with van der Waals surface area (Å²) in [6.45, 7) is 14.4. The predicted molar refractivity (Wildman–Crippen MR) is 127 cm³/mol. The van der Waals surface area contributed by atoms with Gasteiger partial charge in [-0.15, -0.1) is 0 Å². The summed E-state index contributed by atoms with van der Waals surface area (Å²) < 4.78 is 0. The number of halogens is 1. The Bertz CT molecular complexity index is 545. The Balaban J connectivity index is 5.12. The minimum Gasteiger partial charge on any atom is -0.326 e. The summed E-state index contributed by atoms with van der Waals surface area (Å²) >= 11 is 6.10. The van der Waals surface area contributed by atoms with Crippen LogP contribution in [0.25, 0.3) is 0 Å². The molecule has 0 aliphatic rings. The molecule has 0 aromatic carbocycles. The van der Waals surface area contributed by atoms with Crippen LogP contribution < -0.4 is 5.73 Å². The third-order valence-electron chi connectivity index (χ3n) is 4.84. The second-order valence-corrected chi connectivity index (χ2v) is 7.77. The quantitative estimate of drug-likeness (QED) is 0.237. The zero-order chi connectivity index (χ0) is 22.2. The van der Waals surface area contributed by atoms with Gasteiger partial charge in [-0.05, 0) is 37.8 Å². The molecule has 29 heavy (non-hydrogen) atoms. The monoisotopic (exact) mass is 426 g/mol. The molecule has 0 saturated heterocycles. The van der Waals surface area contributed by atoms with E-state index in [2.05, 4.69) is 43.9 Å². The van der Waals surface area contributed by atoms with E-state index < -0.39 is 0 Å². The van der Waals surface area contributed by atoms with Gasteiger partial charge in [-0.3, -0.25) is 14.7 Å². The molecular weight excluding hydrogens is 384 g/mol. The Morgan fingerprint density at radius 2 is 1.79 bits per heavy atom. The van der Waals surface area contributed by atoms with Crippen LogP contribution >= 0.6 is 11.6 Å². The number of hydrazine groups is 1. The van der Waals surface area contributed by atoms with Crippen LogP contribution in [0.3, 0.4) is 0 Å². The van der Waals surface area contributed by atoms with Crippen molar-refractivity contribution >= 4 is 17.5 Å². The molecule has 0 saturated carbocycles. The molecule has 0 aliphatic heterocycles. The van der Waals surface area contributed by atoms with Crippen LogP contribution in [-0.2, 0) is 4.79 Å². The average molecular weight is 427 g/mol. The lowest BCUT2D eigenvalue weighted by Gasteiger charge is -2.34. The van der Waals surface area contributed by atoms with E-state index in [0.29, 0.717) is 18.0 Å². The zero-order valence-corrected chi connectivity index (χ0v) is 20.2. The van der Waals surface area contributed by atoms with Crippen molar-refractivity contribution in [1.29, 1.82) is 0 Å². The van der Waals surface area contributed by atoms with Crippen molar-refractivity contribution in [2.75, 3.05) is 39.8 Å². The van der Waals surface area contributed by atoms with Gasteiger partial charge in [0.05, 0.1) is 6.54 Å². The highest BCUT2D eigenvalue weighted by Crippen LogP contribution is 2.10.